The Bertz CT molecular complexity index is 842. The van der Waals surface area contributed by atoms with Crippen LogP contribution in [0.2, 0.25) is 0 Å². The van der Waals surface area contributed by atoms with Crippen molar-refractivity contribution in [2.45, 2.75) is 18.0 Å². The minimum absolute atomic E-state index is 0. The molecule has 28 heavy (non-hydrogen) atoms. The largest absolute Gasteiger partial charge is 0.383 e. The van der Waals surface area contributed by atoms with Gasteiger partial charge < -0.3 is 15.0 Å². The van der Waals surface area contributed by atoms with E-state index in [4.69, 9.17) is 4.74 Å². The van der Waals surface area contributed by atoms with E-state index in [2.05, 4.69) is 26.5 Å². The maximum absolute atomic E-state index is 12.3. The highest BCUT2D eigenvalue weighted by Gasteiger charge is 2.14. The summed E-state index contributed by atoms with van der Waals surface area (Å²) in [5.41, 5.74) is 2.08. The number of hydrogen-bond acceptors (Lipinski definition) is 5. The Kier molecular flexibility index (Phi) is 11.0. The Morgan fingerprint density at radius 3 is 2.71 bits per heavy atom. The van der Waals surface area contributed by atoms with Crippen molar-refractivity contribution >= 4 is 51.3 Å². The third kappa shape index (κ3) is 7.66. The summed E-state index contributed by atoms with van der Waals surface area (Å²) >= 11 is 1.66. The first-order chi connectivity index (χ1) is 13.0. The minimum Gasteiger partial charge on any atom is -0.383 e. The first kappa shape index (κ1) is 24.8. The van der Waals surface area contributed by atoms with Crippen LogP contribution in [0, 0.1) is 0 Å². The Morgan fingerprint density at radius 1 is 1.29 bits per heavy atom. The predicted molar refractivity (Wildman–Crippen MR) is 125 cm³/mol. The topological polar surface area (TPSA) is 83.0 Å². The summed E-state index contributed by atoms with van der Waals surface area (Å²) in [6, 6.07) is 8.94. The Morgan fingerprint density at radius 2 is 2.07 bits per heavy atom. The normalized spacial score (nSPS) is 11.8. The molecular formula is C18H27IN4O3S2. The average Bonchev–Trinajstić information content (AvgIpc) is 3.15. The lowest BCUT2D eigenvalue weighted by Crippen LogP contribution is -2.38. The number of nitrogens with zero attached hydrogens (tertiary/aromatic N) is 2. The quantitative estimate of drug-likeness (QED) is 0.222. The van der Waals surface area contributed by atoms with E-state index in [-0.39, 0.29) is 35.4 Å². The van der Waals surface area contributed by atoms with E-state index >= 15 is 0 Å². The number of thiophene rings is 1. The van der Waals surface area contributed by atoms with Crippen molar-refractivity contribution in [2.24, 2.45) is 4.99 Å². The zero-order valence-corrected chi connectivity index (χ0v) is 20.2. The molecule has 2 N–H and O–H groups in total. The molecule has 0 unspecified atom stereocenters. The number of hydrogen-bond donors (Lipinski definition) is 2. The summed E-state index contributed by atoms with van der Waals surface area (Å²) in [5.74, 6) is 0.743. The van der Waals surface area contributed by atoms with E-state index in [0.717, 1.165) is 18.1 Å². The lowest BCUT2D eigenvalue weighted by atomic mass is 10.2. The summed E-state index contributed by atoms with van der Waals surface area (Å²) in [6.45, 7) is 1.79. The van der Waals surface area contributed by atoms with Gasteiger partial charge in [0.2, 0.25) is 10.0 Å². The SMILES string of the molecule is CN=C(NCc1cccc(S(=O)(=O)NCCOC)c1)N(C)Cc1ccsc1.I. The Labute approximate surface area is 188 Å². The molecule has 2 aromatic rings. The number of ether oxygens (including phenoxy) is 1. The van der Waals surface area contributed by atoms with Crippen molar-refractivity contribution in [2.75, 3.05) is 34.4 Å². The monoisotopic (exact) mass is 538 g/mol. The van der Waals surface area contributed by atoms with Crippen LogP contribution in [-0.2, 0) is 27.8 Å². The van der Waals surface area contributed by atoms with Gasteiger partial charge in [-0.2, -0.15) is 11.3 Å². The zero-order valence-electron chi connectivity index (χ0n) is 16.2. The van der Waals surface area contributed by atoms with Crippen LogP contribution in [0.25, 0.3) is 0 Å². The van der Waals surface area contributed by atoms with Gasteiger partial charge in [-0.25, -0.2) is 13.1 Å². The number of guanidine groups is 1. The van der Waals surface area contributed by atoms with Gasteiger partial charge in [-0.1, -0.05) is 12.1 Å². The summed E-state index contributed by atoms with van der Waals surface area (Å²) in [6.07, 6.45) is 0. The third-order valence-corrected chi connectivity index (χ3v) is 6.02. The molecule has 2 rings (SSSR count). The summed E-state index contributed by atoms with van der Waals surface area (Å²) < 4.78 is 32.0. The molecule has 0 bridgehead atoms. The second kappa shape index (κ2) is 12.4. The molecule has 1 aromatic carbocycles. The molecule has 7 nitrogen and oxygen atoms in total. The van der Waals surface area contributed by atoms with E-state index in [1.807, 2.05) is 23.4 Å². The summed E-state index contributed by atoms with van der Waals surface area (Å²) in [4.78, 5) is 6.55. The molecule has 0 aliphatic heterocycles. The van der Waals surface area contributed by atoms with Gasteiger partial charge in [0.15, 0.2) is 5.96 Å². The molecule has 1 heterocycles. The van der Waals surface area contributed by atoms with Gasteiger partial charge in [0.25, 0.3) is 0 Å². The number of halogens is 1. The number of nitrogens with one attached hydrogen (secondary N) is 2. The van der Waals surface area contributed by atoms with Gasteiger partial charge in [0.1, 0.15) is 0 Å². The number of rotatable bonds is 9. The van der Waals surface area contributed by atoms with E-state index in [9.17, 15) is 8.42 Å². The van der Waals surface area contributed by atoms with Crippen LogP contribution in [0.3, 0.4) is 0 Å². The molecule has 156 valence electrons. The van der Waals surface area contributed by atoms with Gasteiger partial charge in [-0.3, -0.25) is 4.99 Å². The molecule has 0 atom stereocenters. The van der Waals surface area contributed by atoms with Crippen LogP contribution in [0.5, 0.6) is 0 Å². The van der Waals surface area contributed by atoms with Crippen LogP contribution in [0.4, 0.5) is 0 Å². The molecule has 10 heteroatoms. The minimum atomic E-state index is -3.55. The van der Waals surface area contributed by atoms with Crippen molar-refractivity contribution in [3.05, 3.63) is 52.2 Å². The third-order valence-electron chi connectivity index (χ3n) is 3.83. The molecular weight excluding hydrogens is 511 g/mol. The number of sulfonamides is 1. The second-order valence-electron chi connectivity index (χ2n) is 5.93. The van der Waals surface area contributed by atoms with Crippen molar-refractivity contribution in [3.8, 4) is 0 Å². The molecule has 1 aromatic heterocycles. The highest BCUT2D eigenvalue weighted by atomic mass is 127. The van der Waals surface area contributed by atoms with Gasteiger partial charge in [-0.05, 0) is 40.1 Å². The molecule has 0 amide bonds. The van der Waals surface area contributed by atoms with E-state index in [1.54, 1.807) is 36.6 Å². The fourth-order valence-electron chi connectivity index (χ4n) is 2.48. The number of aliphatic imine (C=N–C) groups is 1. The highest BCUT2D eigenvalue weighted by Crippen LogP contribution is 2.12. The van der Waals surface area contributed by atoms with E-state index in [0.29, 0.717) is 13.2 Å². The van der Waals surface area contributed by atoms with Crippen LogP contribution < -0.4 is 10.0 Å². The predicted octanol–water partition coefficient (Wildman–Crippen LogP) is 2.50. The van der Waals surface area contributed by atoms with Crippen LogP contribution in [-0.4, -0.2) is 53.6 Å². The molecule has 0 radical (unpaired) electrons. The lowest BCUT2D eigenvalue weighted by molar-refractivity contribution is 0.204. The second-order valence-corrected chi connectivity index (χ2v) is 8.47. The standard InChI is InChI=1S/C18H26N4O3S2.HI/c1-19-18(22(2)13-16-7-10-26-14-16)20-12-15-5-4-6-17(11-15)27(23,24)21-8-9-25-3;/h4-7,10-11,14,21H,8-9,12-13H2,1-3H3,(H,19,20);1H. The molecule has 0 aliphatic rings. The van der Waals surface area contributed by atoms with Crippen molar-refractivity contribution in [1.82, 2.24) is 14.9 Å². The zero-order chi connectivity index (χ0) is 19.7. The Balaban J connectivity index is 0.00000392. The van der Waals surface area contributed by atoms with Crippen molar-refractivity contribution < 1.29 is 13.2 Å². The van der Waals surface area contributed by atoms with Crippen molar-refractivity contribution in [1.29, 1.82) is 0 Å². The Hall–Kier alpha value is -1.21. The van der Waals surface area contributed by atoms with Crippen LogP contribution in [0.1, 0.15) is 11.1 Å². The smallest absolute Gasteiger partial charge is 0.240 e. The molecule has 0 spiro atoms. The fraction of sp³-hybridized carbons (Fsp3) is 0.389. The number of methoxy groups -OCH3 is 1. The fourth-order valence-corrected chi connectivity index (χ4v) is 4.22. The van der Waals surface area contributed by atoms with E-state index < -0.39 is 10.0 Å². The molecule has 0 saturated heterocycles. The maximum Gasteiger partial charge on any atom is 0.240 e. The van der Waals surface area contributed by atoms with Crippen LogP contribution >= 0.6 is 35.3 Å². The number of benzene rings is 1. The maximum atomic E-state index is 12.3. The molecule has 0 saturated carbocycles. The van der Waals surface area contributed by atoms with Crippen molar-refractivity contribution in [3.63, 3.8) is 0 Å². The summed E-state index contributed by atoms with van der Waals surface area (Å²) in [5, 5.41) is 7.43. The first-order valence-electron chi connectivity index (χ1n) is 8.46. The van der Waals surface area contributed by atoms with Crippen LogP contribution in [0.15, 0.2) is 51.0 Å². The lowest BCUT2D eigenvalue weighted by Gasteiger charge is -2.21. The van der Waals surface area contributed by atoms with Gasteiger partial charge in [0.05, 0.1) is 11.5 Å². The van der Waals surface area contributed by atoms with Gasteiger partial charge >= 0.3 is 0 Å². The van der Waals surface area contributed by atoms with Gasteiger partial charge in [-0.15, -0.1) is 24.0 Å². The average molecular weight is 538 g/mol. The molecule has 0 aliphatic carbocycles. The first-order valence-corrected chi connectivity index (χ1v) is 10.9. The summed E-state index contributed by atoms with van der Waals surface area (Å²) in [7, 11) is 1.68. The molecule has 0 fully saturated rings. The highest BCUT2D eigenvalue weighted by molar-refractivity contribution is 14.0. The van der Waals surface area contributed by atoms with E-state index in [1.165, 1.54) is 12.7 Å². The van der Waals surface area contributed by atoms with Gasteiger partial charge in [0, 0.05) is 40.8 Å².